The SMILES string of the molecule is CCCCN1CCN(C(C)CC)CC1. The second-order valence-corrected chi connectivity index (χ2v) is 4.49. The lowest BCUT2D eigenvalue weighted by Crippen LogP contribution is -2.49. The normalized spacial score (nSPS) is 22.5. The van der Waals surface area contributed by atoms with E-state index >= 15 is 0 Å². The molecular formula is C12H26N2. The lowest BCUT2D eigenvalue weighted by molar-refractivity contribution is 0.0998. The molecule has 1 atom stereocenters. The summed E-state index contributed by atoms with van der Waals surface area (Å²) < 4.78 is 0. The Morgan fingerprint density at radius 1 is 1.07 bits per heavy atom. The van der Waals surface area contributed by atoms with Gasteiger partial charge in [-0.15, -0.1) is 0 Å². The van der Waals surface area contributed by atoms with E-state index in [1.807, 2.05) is 0 Å². The van der Waals surface area contributed by atoms with E-state index in [0.717, 1.165) is 6.04 Å². The Hall–Kier alpha value is -0.0800. The van der Waals surface area contributed by atoms with E-state index in [4.69, 9.17) is 0 Å². The fraction of sp³-hybridized carbons (Fsp3) is 1.00. The fourth-order valence-electron chi connectivity index (χ4n) is 2.07. The van der Waals surface area contributed by atoms with Crippen LogP contribution in [-0.2, 0) is 0 Å². The van der Waals surface area contributed by atoms with Gasteiger partial charge in [0.1, 0.15) is 0 Å². The maximum absolute atomic E-state index is 2.63. The van der Waals surface area contributed by atoms with E-state index in [9.17, 15) is 0 Å². The van der Waals surface area contributed by atoms with Crippen LogP contribution in [0.2, 0.25) is 0 Å². The molecule has 0 aromatic rings. The minimum absolute atomic E-state index is 0.781. The summed E-state index contributed by atoms with van der Waals surface area (Å²) in [6, 6.07) is 0.781. The molecule has 1 aliphatic heterocycles. The van der Waals surface area contributed by atoms with Crippen molar-refractivity contribution in [2.45, 2.75) is 46.1 Å². The number of hydrogen-bond acceptors (Lipinski definition) is 2. The van der Waals surface area contributed by atoms with E-state index in [1.54, 1.807) is 0 Å². The van der Waals surface area contributed by atoms with Gasteiger partial charge in [0, 0.05) is 32.2 Å². The zero-order valence-corrected chi connectivity index (χ0v) is 10.1. The minimum atomic E-state index is 0.781. The molecule has 0 amide bonds. The second kappa shape index (κ2) is 6.41. The van der Waals surface area contributed by atoms with Crippen molar-refractivity contribution in [3.63, 3.8) is 0 Å². The van der Waals surface area contributed by atoms with Crippen molar-refractivity contribution >= 4 is 0 Å². The monoisotopic (exact) mass is 198 g/mol. The topological polar surface area (TPSA) is 6.48 Å². The van der Waals surface area contributed by atoms with Gasteiger partial charge in [0.25, 0.3) is 0 Å². The van der Waals surface area contributed by atoms with Crippen molar-refractivity contribution in [1.82, 2.24) is 9.80 Å². The third-order valence-electron chi connectivity index (χ3n) is 3.45. The Bertz CT molecular complexity index is 139. The third-order valence-corrected chi connectivity index (χ3v) is 3.45. The van der Waals surface area contributed by atoms with Gasteiger partial charge in [0.05, 0.1) is 0 Å². The van der Waals surface area contributed by atoms with Crippen LogP contribution in [0.25, 0.3) is 0 Å². The van der Waals surface area contributed by atoms with E-state index < -0.39 is 0 Å². The van der Waals surface area contributed by atoms with Crippen molar-refractivity contribution in [2.75, 3.05) is 32.7 Å². The molecule has 84 valence electrons. The summed E-state index contributed by atoms with van der Waals surface area (Å²) in [5.41, 5.74) is 0. The van der Waals surface area contributed by atoms with E-state index in [2.05, 4.69) is 30.6 Å². The van der Waals surface area contributed by atoms with Crippen LogP contribution in [0.1, 0.15) is 40.0 Å². The molecule has 0 aromatic heterocycles. The highest BCUT2D eigenvalue weighted by Crippen LogP contribution is 2.09. The Labute approximate surface area is 89.3 Å². The van der Waals surface area contributed by atoms with Crippen LogP contribution in [0.3, 0.4) is 0 Å². The molecular weight excluding hydrogens is 172 g/mol. The molecule has 1 heterocycles. The number of nitrogens with zero attached hydrogens (tertiary/aromatic N) is 2. The highest BCUT2D eigenvalue weighted by atomic mass is 15.3. The number of piperazine rings is 1. The Morgan fingerprint density at radius 2 is 1.71 bits per heavy atom. The lowest BCUT2D eigenvalue weighted by Gasteiger charge is -2.37. The molecule has 1 rings (SSSR count). The quantitative estimate of drug-likeness (QED) is 0.668. The first-order chi connectivity index (χ1) is 6.77. The summed E-state index contributed by atoms with van der Waals surface area (Å²) in [6.07, 6.45) is 3.98. The van der Waals surface area contributed by atoms with Crippen LogP contribution in [0.15, 0.2) is 0 Å². The molecule has 14 heavy (non-hydrogen) atoms. The molecule has 1 unspecified atom stereocenters. The summed E-state index contributed by atoms with van der Waals surface area (Å²) in [4.78, 5) is 5.24. The summed E-state index contributed by atoms with van der Waals surface area (Å²) in [5, 5.41) is 0. The maximum Gasteiger partial charge on any atom is 0.0113 e. The first-order valence-electron chi connectivity index (χ1n) is 6.24. The molecule has 0 aromatic carbocycles. The molecule has 1 saturated heterocycles. The van der Waals surface area contributed by atoms with Crippen molar-refractivity contribution in [1.29, 1.82) is 0 Å². The molecule has 1 fully saturated rings. The van der Waals surface area contributed by atoms with Crippen LogP contribution >= 0.6 is 0 Å². The Kier molecular flexibility index (Phi) is 5.49. The van der Waals surface area contributed by atoms with Gasteiger partial charge in [-0.2, -0.15) is 0 Å². The molecule has 0 N–H and O–H groups in total. The Balaban J connectivity index is 2.17. The molecule has 0 saturated carbocycles. The molecule has 2 heteroatoms. The third kappa shape index (κ3) is 3.58. The minimum Gasteiger partial charge on any atom is -0.301 e. The summed E-state index contributed by atoms with van der Waals surface area (Å²) in [6.45, 7) is 13.3. The highest BCUT2D eigenvalue weighted by Gasteiger charge is 2.19. The molecule has 2 nitrogen and oxygen atoms in total. The predicted octanol–water partition coefficient (Wildman–Crippen LogP) is 2.20. The van der Waals surface area contributed by atoms with Gasteiger partial charge in [-0.25, -0.2) is 0 Å². The fourth-order valence-corrected chi connectivity index (χ4v) is 2.07. The van der Waals surface area contributed by atoms with E-state index in [0.29, 0.717) is 0 Å². The lowest BCUT2D eigenvalue weighted by atomic mass is 10.2. The molecule has 0 aliphatic carbocycles. The van der Waals surface area contributed by atoms with Gasteiger partial charge >= 0.3 is 0 Å². The van der Waals surface area contributed by atoms with Crippen LogP contribution in [0.4, 0.5) is 0 Å². The standard InChI is InChI=1S/C12H26N2/c1-4-6-7-13-8-10-14(11-9-13)12(3)5-2/h12H,4-11H2,1-3H3. The summed E-state index contributed by atoms with van der Waals surface area (Å²) in [5.74, 6) is 0. The van der Waals surface area contributed by atoms with Gasteiger partial charge in [0.15, 0.2) is 0 Å². The average Bonchev–Trinajstić information content (AvgIpc) is 2.26. The van der Waals surface area contributed by atoms with Crippen LogP contribution in [0, 0.1) is 0 Å². The van der Waals surface area contributed by atoms with Crippen molar-refractivity contribution < 1.29 is 0 Å². The number of rotatable bonds is 5. The van der Waals surface area contributed by atoms with Gasteiger partial charge in [-0.1, -0.05) is 20.3 Å². The number of hydrogen-bond donors (Lipinski definition) is 0. The predicted molar refractivity (Wildman–Crippen MR) is 62.7 cm³/mol. The van der Waals surface area contributed by atoms with Gasteiger partial charge < -0.3 is 4.90 Å². The average molecular weight is 198 g/mol. The van der Waals surface area contributed by atoms with E-state index in [1.165, 1.54) is 52.0 Å². The zero-order valence-electron chi connectivity index (χ0n) is 10.1. The second-order valence-electron chi connectivity index (χ2n) is 4.49. The van der Waals surface area contributed by atoms with Crippen molar-refractivity contribution in [2.24, 2.45) is 0 Å². The summed E-state index contributed by atoms with van der Waals surface area (Å²) >= 11 is 0. The largest absolute Gasteiger partial charge is 0.301 e. The number of unbranched alkanes of at least 4 members (excludes halogenated alkanes) is 1. The highest BCUT2D eigenvalue weighted by molar-refractivity contribution is 4.75. The molecule has 0 radical (unpaired) electrons. The van der Waals surface area contributed by atoms with Crippen molar-refractivity contribution in [3.05, 3.63) is 0 Å². The van der Waals surface area contributed by atoms with Crippen LogP contribution in [0.5, 0.6) is 0 Å². The van der Waals surface area contributed by atoms with Crippen LogP contribution in [-0.4, -0.2) is 48.6 Å². The smallest absolute Gasteiger partial charge is 0.0113 e. The summed E-state index contributed by atoms with van der Waals surface area (Å²) in [7, 11) is 0. The zero-order chi connectivity index (χ0) is 10.4. The van der Waals surface area contributed by atoms with Gasteiger partial charge in [-0.05, 0) is 26.3 Å². The van der Waals surface area contributed by atoms with Crippen molar-refractivity contribution in [3.8, 4) is 0 Å². The molecule has 1 aliphatic rings. The molecule has 0 bridgehead atoms. The maximum atomic E-state index is 2.63. The van der Waals surface area contributed by atoms with Gasteiger partial charge in [-0.3, -0.25) is 4.90 Å². The Morgan fingerprint density at radius 3 is 2.21 bits per heavy atom. The first kappa shape index (κ1) is 12.0. The van der Waals surface area contributed by atoms with E-state index in [-0.39, 0.29) is 0 Å². The first-order valence-corrected chi connectivity index (χ1v) is 6.24. The van der Waals surface area contributed by atoms with Crippen LogP contribution < -0.4 is 0 Å². The molecule has 0 spiro atoms. The van der Waals surface area contributed by atoms with Gasteiger partial charge in [0.2, 0.25) is 0 Å².